The molecule has 0 amide bonds. The molecule has 7 nitrogen and oxygen atoms in total. The topological polar surface area (TPSA) is 83.3 Å². The maximum absolute atomic E-state index is 12.1. The van der Waals surface area contributed by atoms with Crippen LogP contribution in [0, 0.1) is 0 Å². The van der Waals surface area contributed by atoms with Crippen LogP contribution in [0.2, 0.25) is 5.02 Å². The zero-order valence-corrected chi connectivity index (χ0v) is 22.0. The third-order valence-electron chi connectivity index (χ3n) is 7.71. The number of hydrogen-bond acceptors (Lipinski definition) is 5. The highest BCUT2D eigenvalue weighted by atomic mass is 35.5. The molecule has 0 radical (unpaired) electrons. The molecule has 0 saturated heterocycles. The number of carboxylic acid groups (broad SMARTS) is 1. The van der Waals surface area contributed by atoms with Crippen LogP contribution in [0.3, 0.4) is 0 Å². The minimum atomic E-state index is -1.08. The van der Waals surface area contributed by atoms with Crippen molar-refractivity contribution in [3.63, 3.8) is 0 Å². The largest absolute Gasteiger partial charge is 0.481 e. The lowest BCUT2D eigenvalue weighted by Gasteiger charge is -2.28. The third kappa shape index (κ3) is 4.26. The Labute approximate surface area is 221 Å². The van der Waals surface area contributed by atoms with Crippen molar-refractivity contribution >= 4 is 40.1 Å². The van der Waals surface area contributed by atoms with E-state index >= 15 is 0 Å². The van der Waals surface area contributed by atoms with Gasteiger partial charge in [0.25, 0.3) is 0 Å². The molecule has 1 saturated carbocycles. The molecule has 1 fully saturated rings. The molecule has 3 heterocycles. The number of nitrogens with one attached hydrogen (secondary N) is 1. The summed E-state index contributed by atoms with van der Waals surface area (Å²) >= 11 is 6.61. The minimum Gasteiger partial charge on any atom is -0.481 e. The van der Waals surface area contributed by atoms with Gasteiger partial charge >= 0.3 is 5.97 Å². The number of para-hydroxylation sites is 1. The second kappa shape index (κ2) is 8.85. The lowest BCUT2D eigenvalue weighted by atomic mass is 9.85. The van der Waals surface area contributed by atoms with Crippen molar-refractivity contribution in [1.29, 1.82) is 0 Å². The summed E-state index contributed by atoms with van der Waals surface area (Å²) in [6, 6.07) is 12.2. The van der Waals surface area contributed by atoms with Crippen molar-refractivity contribution in [3.05, 3.63) is 76.1 Å². The Hall–Kier alpha value is -3.42. The molecule has 2 aromatic heterocycles. The lowest BCUT2D eigenvalue weighted by Crippen LogP contribution is -2.28. The predicted molar refractivity (Wildman–Crippen MR) is 146 cm³/mol. The Balaban J connectivity index is 1.42. The molecule has 2 aromatic carbocycles. The summed E-state index contributed by atoms with van der Waals surface area (Å²) in [5.74, 6) is 0.712. The third-order valence-corrected chi connectivity index (χ3v) is 7.97. The second-order valence-corrected chi connectivity index (χ2v) is 11.2. The average Bonchev–Trinajstić information content (AvgIpc) is 3.64. The lowest BCUT2D eigenvalue weighted by molar-refractivity contribution is -0.142. The van der Waals surface area contributed by atoms with Gasteiger partial charge in [-0.1, -0.05) is 29.8 Å². The van der Waals surface area contributed by atoms with Gasteiger partial charge in [-0.25, -0.2) is 4.98 Å². The fourth-order valence-corrected chi connectivity index (χ4v) is 5.57. The molecule has 0 spiro atoms. The number of hydrogen-bond donors (Lipinski definition) is 2. The first kappa shape index (κ1) is 23.9. The van der Waals surface area contributed by atoms with E-state index in [1.165, 1.54) is 29.5 Å². The van der Waals surface area contributed by atoms with E-state index in [-0.39, 0.29) is 0 Å². The van der Waals surface area contributed by atoms with Gasteiger partial charge < -0.3 is 15.3 Å². The summed E-state index contributed by atoms with van der Waals surface area (Å²) in [5, 5.41) is 14.6. The highest BCUT2D eigenvalue weighted by Crippen LogP contribution is 2.45. The van der Waals surface area contributed by atoms with Gasteiger partial charge in [-0.05, 0) is 86.5 Å². The number of nitrogens with zero attached hydrogens (tertiary/aromatic N) is 4. The highest BCUT2D eigenvalue weighted by molar-refractivity contribution is 6.32. The molecule has 4 aromatic rings. The molecule has 2 aliphatic rings. The smallest absolute Gasteiger partial charge is 0.313 e. The van der Waals surface area contributed by atoms with E-state index in [9.17, 15) is 9.90 Å². The Morgan fingerprint density at radius 1 is 1.22 bits per heavy atom. The molecule has 8 heteroatoms. The highest BCUT2D eigenvalue weighted by Gasteiger charge is 2.33. The van der Waals surface area contributed by atoms with E-state index < -0.39 is 11.4 Å². The van der Waals surface area contributed by atoms with Crippen LogP contribution in [-0.2, 0) is 23.2 Å². The van der Waals surface area contributed by atoms with E-state index in [2.05, 4.69) is 34.4 Å². The number of likely N-dealkylation sites (N-methyl/N-ethyl adjacent to an activating group) is 1. The number of aliphatic carboxylic acids is 1. The van der Waals surface area contributed by atoms with Gasteiger partial charge in [0, 0.05) is 30.4 Å². The van der Waals surface area contributed by atoms with Crippen LogP contribution in [-0.4, -0.2) is 44.1 Å². The number of halogens is 1. The number of carbonyl (C=O) groups is 1. The molecule has 1 aliphatic heterocycles. The van der Waals surface area contributed by atoms with Crippen molar-refractivity contribution in [2.75, 3.05) is 18.9 Å². The van der Waals surface area contributed by atoms with Crippen LogP contribution in [0.4, 0.5) is 11.6 Å². The van der Waals surface area contributed by atoms with Gasteiger partial charge in [0.15, 0.2) is 5.82 Å². The summed E-state index contributed by atoms with van der Waals surface area (Å²) in [6.45, 7) is 5.45. The summed E-state index contributed by atoms with van der Waals surface area (Å²) in [6.07, 6.45) is 7.02. The zero-order valence-electron chi connectivity index (χ0n) is 21.3. The Kier molecular flexibility index (Phi) is 5.73. The molecule has 0 atom stereocenters. The van der Waals surface area contributed by atoms with Crippen molar-refractivity contribution in [3.8, 4) is 5.82 Å². The van der Waals surface area contributed by atoms with Crippen LogP contribution < -0.4 is 5.32 Å². The van der Waals surface area contributed by atoms with Gasteiger partial charge in [-0.3, -0.25) is 9.36 Å². The molecular weight excluding hydrogens is 486 g/mol. The number of anilines is 2. The molecule has 2 N–H and O–H groups in total. The number of benzene rings is 2. The molecule has 1 aliphatic carbocycles. The van der Waals surface area contributed by atoms with Crippen LogP contribution in [0.5, 0.6) is 0 Å². The standard InChI is InChI=1S/C29H30ClN5O2/c1-29(2,27(36)37)23-16-35(25-7-5-4-6-21(23)25)26-24(30)14-31-28(33-26)32-19-12-18-15-34(3)11-10-20(18)22(13-19)17-8-9-17/h4-7,12-14,16-17H,8-11,15H2,1-3H3,(H,36,37)(H,31,32,33). The molecule has 0 bridgehead atoms. The summed E-state index contributed by atoms with van der Waals surface area (Å²) in [4.78, 5) is 23.7. The SMILES string of the molecule is CN1CCc2c(cc(Nc3ncc(Cl)c(-n4cc(C(C)(C)C(=O)O)c5ccccc54)n3)cc2C2CC2)C1. The molecule has 190 valence electrons. The van der Waals surface area contributed by atoms with Gasteiger partial charge in [0.05, 0.1) is 17.1 Å². The van der Waals surface area contributed by atoms with E-state index in [4.69, 9.17) is 16.6 Å². The number of rotatable bonds is 6. The van der Waals surface area contributed by atoms with Crippen LogP contribution in [0.25, 0.3) is 16.7 Å². The monoisotopic (exact) mass is 515 g/mol. The molecular formula is C29H30ClN5O2. The van der Waals surface area contributed by atoms with Crippen molar-refractivity contribution in [1.82, 2.24) is 19.4 Å². The fraction of sp³-hybridized carbons (Fsp3) is 0.345. The fourth-order valence-electron chi connectivity index (χ4n) is 5.39. The average molecular weight is 516 g/mol. The first-order chi connectivity index (χ1) is 17.7. The second-order valence-electron chi connectivity index (χ2n) is 10.8. The number of aromatic nitrogens is 3. The number of carboxylic acids is 1. The quantitative estimate of drug-likeness (QED) is 0.325. The summed E-state index contributed by atoms with van der Waals surface area (Å²) < 4.78 is 1.86. The molecule has 6 rings (SSSR count). The van der Waals surface area contributed by atoms with Crippen LogP contribution >= 0.6 is 11.6 Å². The van der Waals surface area contributed by atoms with Gasteiger partial charge in [0.2, 0.25) is 5.95 Å². The van der Waals surface area contributed by atoms with Gasteiger partial charge in [-0.15, -0.1) is 0 Å². The van der Waals surface area contributed by atoms with E-state index in [1.807, 2.05) is 35.0 Å². The maximum atomic E-state index is 12.1. The van der Waals surface area contributed by atoms with Crippen molar-refractivity contribution < 1.29 is 9.90 Å². The Bertz CT molecular complexity index is 1540. The Morgan fingerprint density at radius 3 is 2.76 bits per heavy atom. The molecule has 0 unspecified atom stereocenters. The summed E-state index contributed by atoms with van der Waals surface area (Å²) in [7, 11) is 2.16. The number of fused-ring (bicyclic) bond motifs is 2. The van der Waals surface area contributed by atoms with Gasteiger partial charge in [-0.2, -0.15) is 4.98 Å². The minimum absolute atomic E-state index is 0.386. The first-order valence-corrected chi connectivity index (χ1v) is 13.1. The Morgan fingerprint density at radius 2 is 2.00 bits per heavy atom. The van der Waals surface area contributed by atoms with Gasteiger partial charge in [0.1, 0.15) is 5.02 Å². The first-order valence-electron chi connectivity index (χ1n) is 12.7. The predicted octanol–water partition coefficient (Wildman–Crippen LogP) is 6.05. The van der Waals surface area contributed by atoms with E-state index in [1.54, 1.807) is 20.0 Å². The van der Waals surface area contributed by atoms with Crippen LogP contribution in [0.15, 0.2) is 48.8 Å². The molecule has 37 heavy (non-hydrogen) atoms. The maximum Gasteiger partial charge on any atom is 0.313 e. The summed E-state index contributed by atoms with van der Waals surface area (Å²) in [5.41, 5.74) is 5.77. The van der Waals surface area contributed by atoms with E-state index in [0.29, 0.717) is 28.3 Å². The van der Waals surface area contributed by atoms with Crippen LogP contribution in [0.1, 0.15) is 54.9 Å². The van der Waals surface area contributed by atoms with Crippen molar-refractivity contribution in [2.24, 2.45) is 0 Å². The normalized spacial score (nSPS) is 16.1. The zero-order chi connectivity index (χ0) is 25.9. The van der Waals surface area contributed by atoms with Crippen molar-refractivity contribution in [2.45, 2.75) is 51.0 Å². The van der Waals surface area contributed by atoms with E-state index in [0.717, 1.165) is 36.1 Å².